The maximum atomic E-state index is 12.9. The lowest BCUT2D eigenvalue weighted by molar-refractivity contribution is -0.136. The maximum Gasteiger partial charge on any atom is 0.238 e. The molecule has 1 N–H and O–H groups in total. The minimum Gasteiger partial charge on any atom is -0.343 e. The number of amides is 2. The predicted molar refractivity (Wildman–Crippen MR) is 127 cm³/mol. The third-order valence-corrected chi connectivity index (χ3v) is 6.15. The number of nitrogens with one attached hydrogen (secondary N) is 1. The first kappa shape index (κ1) is 24.0. The summed E-state index contributed by atoms with van der Waals surface area (Å²) in [5.41, 5.74) is 1.34. The lowest BCUT2D eigenvalue weighted by atomic mass is 9.95. The molecular weight excluding hydrogens is 426 g/mol. The molecular formula is C25H30ClN3O3. The monoisotopic (exact) mass is 455 g/mol. The number of piperidine rings is 1. The molecule has 0 saturated carbocycles. The number of anilines is 1. The van der Waals surface area contributed by atoms with Gasteiger partial charge in [0, 0.05) is 35.2 Å². The van der Waals surface area contributed by atoms with Gasteiger partial charge in [0.2, 0.25) is 11.8 Å². The van der Waals surface area contributed by atoms with E-state index in [-0.39, 0.29) is 30.1 Å². The molecule has 1 fully saturated rings. The largest absolute Gasteiger partial charge is 0.343 e. The van der Waals surface area contributed by atoms with Crippen LogP contribution in [0.2, 0.25) is 5.02 Å². The van der Waals surface area contributed by atoms with Gasteiger partial charge < -0.3 is 10.2 Å². The Bertz CT molecular complexity index is 952. The van der Waals surface area contributed by atoms with Crippen LogP contribution in [0.25, 0.3) is 0 Å². The molecule has 2 amide bonds. The first-order valence-corrected chi connectivity index (χ1v) is 11.5. The fourth-order valence-corrected chi connectivity index (χ4v) is 4.25. The van der Waals surface area contributed by atoms with Crippen molar-refractivity contribution in [1.82, 2.24) is 9.80 Å². The van der Waals surface area contributed by atoms with Crippen LogP contribution in [-0.4, -0.2) is 60.1 Å². The number of benzene rings is 2. The van der Waals surface area contributed by atoms with Crippen molar-refractivity contribution < 1.29 is 14.4 Å². The quantitative estimate of drug-likeness (QED) is 0.608. The highest BCUT2D eigenvalue weighted by atomic mass is 35.5. The number of nitrogens with zero attached hydrogens (tertiary/aromatic N) is 2. The molecule has 0 atom stereocenters. The summed E-state index contributed by atoms with van der Waals surface area (Å²) in [7, 11) is 0. The molecule has 170 valence electrons. The number of carbonyl (C=O) groups is 3. The third-order valence-electron chi connectivity index (χ3n) is 5.92. The van der Waals surface area contributed by atoms with Gasteiger partial charge >= 0.3 is 0 Å². The first-order chi connectivity index (χ1) is 15.4. The molecule has 2 aromatic rings. The van der Waals surface area contributed by atoms with Gasteiger partial charge in [-0.2, -0.15) is 0 Å². The standard InChI is InChI=1S/C25H30ClN3O3/c1-3-29(4-2)25(32)19-12-14-28(15-13-19)17-23(30)27-22-11-10-20(26)16-21(22)24(31)18-8-6-5-7-9-18/h5-11,16,19H,3-4,12-15,17H2,1-2H3,(H,27,30). The van der Waals surface area contributed by atoms with Crippen molar-refractivity contribution in [3.8, 4) is 0 Å². The highest BCUT2D eigenvalue weighted by molar-refractivity contribution is 6.31. The average Bonchev–Trinajstić information content (AvgIpc) is 2.81. The van der Waals surface area contributed by atoms with Crippen LogP contribution in [0.4, 0.5) is 5.69 Å². The Morgan fingerprint density at radius 2 is 1.69 bits per heavy atom. The minimum absolute atomic E-state index is 0.0283. The van der Waals surface area contributed by atoms with Crippen molar-refractivity contribution in [2.45, 2.75) is 26.7 Å². The second kappa shape index (κ2) is 11.2. The summed E-state index contributed by atoms with van der Waals surface area (Å²) in [6.45, 7) is 7.05. The van der Waals surface area contributed by atoms with Crippen LogP contribution in [0.3, 0.4) is 0 Å². The Morgan fingerprint density at radius 1 is 1.03 bits per heavy atom. The SMILES string of the molecule is CCN(CC)C(=O)C1CCN(CC(=O)Nc2ccc(Cl)cc2C(=O)c2ccccc2)CC1. The van der Waals surface area contributed by atoms with Crippen molar-refractivity contribution in [2.24, 2.45) is 5.92 Å². The molecule has 2 aromatic carbocycles. The van der Waals surface area contributed by atoms with Crippen LogP contribution < -0.4 is 5.32 Å². The highest BCUT2D eigenvalue weighted by Gasteiger charge is 2.28. The number of rotatable bonds is 8. The molecule has 0 radical (unpaired) electrons. The molecule has 1 aliphatic heterocycles. The van der Waals surface area contributed by atoms with Gasteiger partial charge in [0.15, 0.2) is 5.78 Å². The summed E-state index contributed by atoms with van der Waals surface area (Å²) in [4.78, 5) is 42.1. The lowest BCUT2D eigenvalue weighted by Crippen LogP contribution is -2.44. The second-order valence-corrected chi connectivity index (χ2v) is 8.43. The highest BCUT2D eigenvalue weighted by Crippen LogP contribution is 2.24. The van der Waals surface area contributed by atoms with E-state index in [4.69, 9.17) is 11.6 Å². The number of hydrogen-bond acceptors (Lipinski definition) is 4. The van der Waals surface area contributed by atoms with Crippen LogP contribution in [0.1, 0.15) is 42.6 Å². The Kier molecular flexibility index (Phi) is 8.42. The Hall–Kier alpha value is -2.70. The van der Waals surface area contributed by atoms with Crippen LogP contribution in [0.15, 0.2) is 48.5 Å². The number of likely N-dealkylation sites (tertiary alicyclic amines) is 1. The van der Waals surface area contributed by atoms with E-state index in [1.54, 1.807) is 42.5 Å². The average molecular weight is 456 g/mol. The molecule has 0 bridgehead atoms. The van der Waals surface area contributed by atoms with Crippen LogP contribution in [-0.2, 0) is 9.59 Å². The van der Waals surface area contributed by atoms with Crippen molar-refractivity contribution in [2.75, 3.05) is 38.0 Å². The summed E-state index contributed by atoms with van der Waals surface area (Å²) >= 11 is 6.12. The van der Waals surface area contributed by atoms with Crippen molar-refractivity contribution in [1.29, 1.82) is 0 Å². The fourth-order valence-electron chi connectivity index (χ4n) is 4.08. The topological polar surface area (TPSA) is 69.7 Å². The maximum absolute atomic E-state index is 12.9. The summed E-state index contributed by atoms with van der Waals surface area (Å²) < 4.78 is 0. The Balaban J connectivity index is 1.60. The van der Waals surface area contributed by atoms with Crippen LogP contribution >= 0.6 is 11.6 Å². The van der Waals surface area contributed by atoms with E-state index < -0.39 is 0 Å². The van der Waals surface area contributed by atoms with Gasteiger partial charge in [0.25, 0.3) is 0 Å². The number of carbonyl (C=O) groups excluding carboxylic acids is 3. The van der Waals surface area contributed by atoms with E-state index in [0.29, 0.717) is 34.9 Å². The Morgan fingerprint density at radius 3 is 2.31 bits per heavy atom. The normalized spacial score (nSPS) is 14.7. The molecule has 6 nitrogen and oxygen atoms in total. The van der Waals surface area contributed by atoms with Crippen molar-refractivity contribution in [3.05, 3.63) is 64.7 Å². The number of hydrogen-bond donors (Lipinski definition) is 1. The summed E-state index contributed by atoms with van der Waals surface area (Å²) in [6.07, 6.45) is 1.50. The molecule has 0 aromatic heterocycles. The van der Waals surface area contributed by atoms with Crippen molar-refractivity contribution >= 4 is 34.9 Å². The summed E-state index contributed by atoms with van der Waals surface area (Å²) in [5.74, 6) is -0.146. The van der Waals surface area contributed by atoms with Crippen molar-refractivity contribution in [3.63, 3.8) is 0 Å². The summed E-state index contributed by atoms with van der Waals surface area (Å²) in [6, 6.07) is 13.8. The van der Waals surface area contributed by atoms with Gasteiger partial charge in [0.05, 0.1) is 12.2 Å². The summed E-state index contributed by atoms with van der Waals surface area (Å²) in [5, 5.41) is 3.30. The molecule has 3 rings (SSSR count). The van der Waals surface area contributed by atoms with Gasteiger partial charge in [0.1, 0.15) is 0 Å². The van der Waals surface area contributed by atoms with Gasteiger partial charge in [-0.05, 0) is 58.0 Å². The first-order valence-electron chi connectivity index (χ1n) is 11.1. The zero-order valence-corrected chi connectivity index (χ0v) is 19.4. The van der Waals surface area contributed by atoms with Gasteiger partial charge in [-0.1, -0.05) is 41.9 Å². The number of halogens is 1. The number of ketones is 1. The van der Waals surface area contributed by atoms with E-state index in [2.05, 4.69) is 10.2 Å². The lowest BCUT2D eigenvalue weighted by Gasteiger charge is -2.33. The fraction of sp³-hybridized carbons (Fsp3) is 0.400. The zero-order chi connectivity index (χ0) is 23.1. The molecule has 1 heterocycles. The smallest absolute Gasteiger partial charge is 0.238 e. The van der Waals surface area contributed by atoms with E-state index in [9.17, 15) is 14.4 Å². The van der Waals surface area contributed by atoms with E-state index >= 15 is 0 Å². The zero-order valence-electron chi connectivity index (χ0n) is 18.6. The third kappa shape index (κ3) is 5.96. The second-order valence-electron chi connectivity index (χ2n) is 7.99. The Labute approximate surface area is 194 Å². The minimum atomic E-state index is -0.195. The predicted octanol–water partition coefficient (Wildman–Crippen LogP) is 4.09. The molecule has 0 spiro atoms. The van der Waals surface area contributed by atoms with E-state index in [0.717, 1.165) is 25.9 Å². The van der Waals surface area contributed by atoms with E-state index in [1.807, 2.05) is 24.8 Å². The van der Waals surface area contributed by atoms with Gasteiger partial charge in [-0.15, -0.1) is 0 Å². The molecule has 32 heavy (non-hydrogen) atoms. The van der Waals surface area contributed by atoms with Gasteiger partial charge in [-0.25, -0.2) is 0 Å². The van der Waals surface area contributed by atoms with Crippen LogP contribution in [0.5, 0.6) is 0 Å². The van der Waals surface area contributed by atoms with Crippen LogP contribution in [0, 0.1) is 5.92 Å². The molecule has 0 unspecified atom stereocenters. The molecule has 7 heteroatoms. The van der Waals surface area contributed by atoms with Gasteiger partial charge in [-0.3, -0.25) is 19.3 Å². The molecule has 1 aliphatic rings. The molecule has 1 saturated heterocycles. The molecule has 0 aliphatic carbocycles. The van der Waals surface area contributed by atoms with E-state index in [1.165, 1.54) is 0 Å².